The molecule has 2 aliphatic heterocycles. The molecule has 0 unspecified atom stereocenters. The number of halogens is 7. The van der Waals surface area contributed by atoms with Gasteiger partial charge in [-0.05, 0) is 24.6 Å². The highest BCUT2D eigenvalue weighted by atomic mass is 19.4. The number of rotatable bonds is 4. The summed E-state index contributed by atoms with van der Waals surface area (Å²) in [5, 5.41) is 10.5. The van der Waals surface area contributed by atoms with Gasteiger partial charge >= 0.3 is 12.1 Å². The topological polar surface area (TPSA) is 49.8 Å². The van der Waals surface area contributed by atoms with Crippen LogP contribution in [0.25, 0.3) is 0 Å². The third-order valence-electron chi connectivity index (χ3n) is 5.10. The van der Waals surface area contributed by atoms with E-state index in [1.54, 1.807) is 0 Å². The Labute approximate surface area is 154 Å². The van der Waals surface area contributed by atoms with Crippen LogP contribution in [0.5, 0.6) is 5.75 Å². The van der Waals surface area contributed by atoms with Crippen LogP contribution in [0.4, 0.5) is 30.7 Å². The standard InChI is InChI=1S/C17H16F7NO3/c18-7-15(8-19)14(27)13(25-5-1-2-12(25)26)10-6-9(3-4-11(10)28-15)16(20,21)17(22,23)24/h3-4,6,13-14,27H,1-2,5,7-8H2/t13-,14+/m1/s1. The zero-order valence-corrected chi connectivity index (χ0v) is 14.3. The highest BCUT2D eigenvalue weighted by Crippen LogP contribution is 2.49. The monoisotopic (exact) mass is 415 g/mol. The minimum atomic E-state index is -5.88. The summed E-state index contributed by atoms with van der Waals surface area (Å²) >= 11 is 0. The van der Waals surface area contributed by atoms with E-state index in [2.05, 4.69) is 0 Å². The number of aliphatic hydroxyl groups is 1. The molecular weight excluding hydrogens is 399 g/mol. The normalized spacial score (nSPS) is 24.9. The molecule has 2 aliphatic rings. The lowest BCUT2D eigenvalue weighted by atomic mass is 9.83. The maximum absolute atomic E-state index is 13.8. The van der Waals surface area contributed by atoms with E-state index in [1.807, 2.05) is 0 Å². The number of carbonyl (C=O) groups excluding carboxylic acids is 1. The Balaban J connectivity index is 2.16. The lowest BCUT2D eigenvalue weighted by Crippen LogP contribution is -2.60. The first kappa shape index (κ1) is 20.7. The van der Waals surface area contributed by atoms with E-state index in [0.29, 0.717) is 18.6 Å². The van der Waals surface area contributed by atoms with Gasteiger partial charge in [0.2, 0.25) is 5.91 Å². The summed E-state index contributed by atoms with van der Waals surface area (Å²) in [7, 11) is 0. The lowest BCUT2D eigenvalue weighted by molar-refractivity contribution is -0.289. The largest absolute Gasteiger partial charge is 0.479 e. The molecule has 2 atom stereocenters. The maximum Gasteiger partial charge on any atom is 0.458 e. The first-order valence-corrected chi connectivity index (χ1v) is 8.36. The molecule has 0 bridgehead atoms. The Kier molecular flexibility index (Phi) is 5.01. The zero-order chi connectivity index (χ0) is 20.9. The number of aliphatic hydroxyl groups excluding tert-OH is 1. The zero-order valence-electron chi connectivity index (χ0n) is 14.3. The third-order valence-corrected chi connectivity index (χ3v) is 5.10. The predicted molar refractivity (Wildman–Crippen MR) is 81.4 cm³/mol. The molecule has 156 valence electrons. The van der Waals surface area contributed by atoms with E-state index in [1.165, 1.54) is 0 Å². The molecule has 1 aromatic carbocycles. The van der Waals surface area contributed by atoms with Gasteiger partial charge in [0.25, 0.3) is 0 Å². The van der Waals surface area contributed by atoms with Crippen LogP contribution in [0, 0.1) is 0 Å². The van der Waals surface area contributed by atoms with Crippen molar-refractivity contribution in [2.24, 2.45) is 0 Å². The van der Waals surface area contributed by atoms with Crippen molar-refractivity contribution in [2.45, 2.75) is 42.7 Å². The van der Waals surface area contributed by atoms with Crippen LogP contribution < -0.4 is 4.74 Å². The van der Waals surface area contributed by atoms with Crippen molar-refractivity contribution in [1.29, 1.82) is 0 Å². The quantitative estimate of drug-likeness (QED) is 0.767. The predicted octanol–water partition coefficient (Wildman–Crippen LogP) is 3.44. The molecule has 0 aromatic heterocycles. The highest BCUT2D eigenvalue weighted by Gasteiger charge is 2.60. The van der Waals surface area contributed by atoms with E-state index in [4.69, 9.17) is 4.74 Å². The molecule has 4 nitrogen and oxygen atoms in total. The van der Waals surface area contributed by atoms with E-state index in [9.17, 15) is 40.6 Å². The van der Waals surface area contributed by atoms with Crippen molar-refractivity contribution in [3.63, 3.8) is 0 Å². The lowest BCUT2D eigenvalue weighted by Gasteiger charge is -2.46. The Morgan fingerprint density at radius 3 is 2.32 bits per heavy atom. The molecule has 1 saturated heterocycles. The van der Waals surface area contributed by atoms with Gasteiger partial charge in [-0.2, -0.15) is 22.0 Å². The molecule has 0 aliphatic carbocycles. The molecular formula is C17H16F7NO3. The fourth-order valence-electron chi connectivity index (χ4n) is 3.52. The second-order valence-corrected chi connectivity index (χ2v) is 6.84. The van der Waals surface area contributed by atoms with Crippen LogP contribution in [0.15, 0.2) is 18.2 Å². The van der Waals surface area contributed by atoms with Gasteiger partial charge in [0, 0.05) is 24.1 Å². The Morgan fingerprint density at radius 2 is 1.82 bits per heavy atom. The summed E-state index contributed by atoms with van der Waals surface area (Å²) in [6.07, 6.45) is -7.49. The fraction of sp³-hybridized carbons (Fsp3) is 0.588. The molecule has 1 aromatic rings. The summed E-state index contributed by atoms with van der Waals surface area (Å²) in [4.78, 5) is 13.1. The number of benzene rings is 1. The number of carbonyl (C=O) groups is 1. The van der Waals surface area contributed by atoms with E-state index < -0.39 is 54.7 Å². The van der Waals surface area contributed by atoms with E-state index in [0.717, 1.165) is 11.0 Å². The van der Waals surface area contributed by atoms with Crippen LogP contribution in [0.2, 0.25) is 0 Å². The van der Waals surface area contributed by atoms with Gasteiger partial charge in [-0.1, -0.05) is 0 Å². The average molecular weight is 415 g/mol. The number of hydrogen-bond donors (Lipinski definition) is 1. The third kappa shape index (κ3) is 2.99. The number of alkyl halides is 7. The number of likely N-dealkylation sites (tertiary alicyclic amines) is 1. The average Bonchev–Trinajstić information content (AvgIpc) is 3.05. The minimum absolute atomic E-state index is 0.0501. The molecule has 2 heterocycles. The smallest absolute Gasteiger partial charge is 0.458 e. The maximum atomic E-state index is 13.8. The van der Waals surface area contributed by atoms with Gasteiger partial charge in [0.15, 0.2) is 5.60 Å². The van der Waals surface area contributed by atoms with Crippen molar-refractivity contribution in [3.8, 4) is 5.75 Å². The number of ether oxygens (including phenoxy) is 1. The van der Waals surface area contributed by atoms with Crippen LogP contribution in [-0.2, 0) is 10.7 Å². The second kappa shape index (κ2) is 6.78. The SMILES string of the molecule is O=C1CCCN1[C@@H]1c2cc(C(F)(F)C(F)(F)F)ccc2OC(CF)(CF)[C@H]1O. The van der Waals surface area contributed by atoms with Gasteiger partial charge < -0.3 is 14.7 Å². The Bertz CT molecular complexity index is 764. The van der Waals surface area contributed by atoms with Gasteiger partial charge in [0.05, 0.1) is 6.04 Å². The summed E-state index contributed by atoms with van der Waals surface area (Å²) in [6.45, 7) is -2.94. The molecule has 0 radical (unpaired) electrons. The molecule has 3 rings (SSSR count). The van der Waals surface area contributed by atoms with Crippen LogP contribution in [0.3, 0.4) is 0 Å². The number of nitrogens with zero attached hydrogens (tertiary/aromatic N) is 1. The molecule has 11 heteroatoms. The molecule has 28 heavy (non-hydrogen) atoms. The summed E-state index contributed by atoms with van der Waals surface area (Å²) in [5.74, 6) is -6.09. The molecule has 1 fully saturated rings. The summed E-state index contributed by atoms with van der Waals surface area (Å²) in [5.41, 5.74) is -4.19. The van der Waals surface area contributed by atoms with Crippen molar-refractivity contribution in [3.05, 3.63) is 29.3 Å². The molecule has 0 saturated carbocycles. The summed E-state index contributed by atoms with van der Waals surface area (Å²) < 4.78 is 98.0. The highest BCUT2D eigenvalue weighted by molar-refractivity contribution is 5.79. The van der Waals surface area contributed by atoms with Crippen molar-refractivity contribution >= 4 is 5.91 Å². The van der Waals surface area contributed by atoms with Crippen molar-refractivity contribution in [1.82, 2.24) is 4.90 Å². The Morgan fingerprint density at radius 1 is 1.18 bits per heavy atom. The van der Waals surface area contributed by atoms with Gasteiger partial charge in [-0.25, -0.2) is 8.78 Å². The van der Waals surface area contributed by atoms with Gasteiger partial charge in [-0.15, -0.1) is 0 Å². The second-order valence-electron chi connectivity index (χ2n) is 6.84. The van der Waals surface area contributed by atoms with Crippen LogP contribution >= 0.6 is 0 Å². The van der Waals surface area contributed by atoms with Crippen LogP contribution in [0.1, 0.15) is 30.0 Å². The first-order chi connectivity index (χ1) is 13.0. The molecule has 1 N–H and O–H groups in total. The number of amides is 1. The van der Waals surface area contributed by atoms with Gasteiger partial charge in [-0.3, -0.25) is 4.79 Å². The van der Waals surface area contributed by atoms with E-state index >= 15 is 0 Å². The van der Waals surface area contributed by atoms with E-state index in [-0.39, 0.29) is 24.3 Å². The fourth-order valence-corrected chi connectivity index (χ4v) is 3.52. The number of fused-ring (bicyclic) bond motifs is 1. The van der Waals surface area contributed by atoms with Gasteiger partial charge in [0.1, 0.15) is 25.2 Å². The Hall–Kier alpha value is -2.04. The van der Waals surface area contributed by atoms with Crippen LogP contribution in [-0.4, -0.2) is 53.7 Å². The molecule has 1 amide bonds. The summed E-state index contributed by atoms with van der Waals surface area (Å²) in [6, 6.07) is 0.120. The molecule has 0 spiro atoms. The first-order valence-electron chi connectivity index (χ1n) is 8.36. The van der Waals surface area contributed by atoms with Crippen molar-refractivity contribution < 1.29 is 45.4 Å². The minimum Gasteiger partial charge on any atom is -0.479 e. The van der Waals surface area contributed by atoms with Crippen molar-refractivity contribution in [2.75, 3.05) is 19.9 Å². The number of hydrogen-bond acceptors (Lipinski definition) is 3.